The molecule has 8 N–H and O–H groups in total. The molecule has 1 aliphatic heterocycles. The summed E-state index contributed by atoms with van der Waals surface area (Å²) in [6.07, 6.45) is 2.23. The van der Waals surface area contributed by atoms with E-state index in [1.165, 1.54) is 6.92 Å². The van der Waals surface area contributed by atoms with Gasteiger partial charge in [0.05, 0.1) is 12.1 Å². The third-order valence-corrected chi connectivity index (χ3v) is 5.80. The molecule has 0 bridgehead atoms. The zero-order valence-electron chi connectivity index (χ0n) is 19.2. The van der Waals surface area contributed by atoms with Gasteiger partial charge < -0.3 is 37.2 Å². The van der Waals surface area contributed by atoms with Crippen molar-refractivity contribution in [1.82, 2.24) is 21.3 Å². The standard InChI is InChI=1S/C21H39N5O6/c1-4-12(2)16(21(31)32)25-19(29)15(8-5-6-10-22)24-20(30)17(13(3)27)26-18(28)14-9-7-11-23-14/h12-17,23,27H,4-11,22H2,1-3H3,(H,24,30)(H,25,29)(H,26,28)(H,31,32). The summed E-state index contributed by atoms with van der Waals surface area (Å²) in [6, 6.07) is -3.80. The SMILES string of the molecule is CCC(C)C(NC(=O)C(CCCCN)NC(=O)C(NC(=O)C1CCCN1)C(C)O)C(=O)O. The number of carbonyl (C=O) groups excluding carboxylic acids is 3. The lowest BCUT2D eigenvalue weighted by molar-refractivity contribution is -0.144. The highest BCUT2D eigenvalue weighted by molar-refractivity contribution is 5.94. The van der Waals surface area contributed by atoms with E-state index >= 15 is 0 Å². The highest BCUT2D eigenvalue weighted by atomic mass is 16.4. The van der Waals surface area contributed by atoms with Gasteiger partial charge in [-0.3, -0.25) is 14.4 Å². The number of hydrogen-bond donors (Lipinski definition) is 7. The topological polar surface area (TPSA) is 183 Å². The zero-order chi connectivity index (χ0) is 24.3. The molecule has 0 aromatic heterocycles. The molecule has 1 rings (SSSR count). The van der Waals surface area contributed by atoms with Gasteiger partial charge in [-0.25, -0.2) is 4.79 Å². The van der Waals surface area contributed by atoms with Crippen molar-refractivity contribution in [3.63, 3.8) is 0 Å². The van der Waals surface area contributed by atoms with Gasteiger partial charge >= 0.3 is 5.97 Å². The number of carboxylic acids is 1. The summed E-state index contributed by atoms with van der Waals surface area (Å²) in [6.45, 7) is 6.03. The Morgan fingerprint density at radius 2 is 1.75 bits per heavy atom. The van der Waals surface area contributed by atoms with E-state index in [1.54, 1.807) is 6.92 Å². The average Bonchev–Trinajstić information content (AvgIpc) is 3.28. The summed E-state index contributed by atoms with van der Waals surface area (Å²) in [5.41, 5.74) is 5.52. The van der Waals surface area contributed by atoms with E-state index in [0.717, 1.165) is 6.42 Å². The van der Waals surface area contributed by atoms with E-state index in [2.05, 4.69) is 21.3 Å². The van der Waals surface area contributed by atoms with Crippen LogP contribution < -0.4 is 27.0 Å². The largest absolute Gasteiger partial charge is 0.480 e. The number of amides is 3. The molecule has 6 atom stereocenters. The van der Waals surface area contributed by atoms with Crippen molar-refractivity contribution in [3.05, 3.63) is 0 Å². The molecule has 11 heteroatoms. The summed E-state index contributed by atoms with van der Waals surface area (Å²) < 4.78 is 0. The van der Waals surface area contributed by atoms with Crippen molar-refractivity contribution in [2.75, 3.05) is 13.1 Å². The summed E-state index contributed by atoms with van der Waals surface area (Å²) >= 11 is 0. The molecule has 6 unspecified atom stereocenters. The van der Waals surface area contributed by atoms with Crippen LogP contribution in [0.4, 0.5) is 0 Å². The molecule has 1 aliphatic rings. The predicted molar refractivity (Wildman–Crippen MR) is 118 cm³/mol. The molecule has 184 valence electrons. The third kappa shape index (κ3) is 8.71. The first-order valence-corrected chi connectivity index (χ1v) is 11.4. The van der Waals surface area contributed by atoms with Gasteiger partial charge in [-0.2, -0.15) is 0 Å². The summed E-state index contributed by atoms with van der Waals surface area (Å²) in [4.78, 5) is 49.7. The van der Waals surface area contributed by atoms with Crippen molar-refractivity contribution in [2.24, 2.45) is 11.7 Å². The predicted octanol–water partition coefficient (Wildman–Crippen LogP) is -1.17. The Bertz CT molecular complexity index is 638. The molecule has 0 aromatic rings. The second-order valence-electron chi connectivity index (χ2n) is 8.43. The molecule has 3 amide bonds. The Kier molecular flexibility index (Phi) is 12.2. The highest BCUT2D eigenvalue weighted by Gasteiger charge is 2.34. The average molecular weight is 458 g/mol. The monoisotopic (exact) mass is 457 g/mol. The number of unbranched alkanes of at least 4 members (excludes halogenated alkanes) is 1. The molecule has 32 heavy (non-hydrogen) atoms. The van der Waals surface area contributed by atoms with Gasteiger partial charge in [0.2, 0.25) is 17.7 Å². The minimum Gasteiger partial charge on any atom is -0.480 e. The molecule has 0 aromatic carbocycles. The number of nitrogens with two attached hydrogens (primary N) is 1. The van der Waals surface area contributed by atoms with Crippen LogP contribution in [0.5, 0.6) is 0 Å². The Morgan fingerprint density at radius 1 is 1.06 bits per heavy atom. The molecule has 0 saturated carbocycles. The van der Waals surface area contributed by atoms with Crippen molar-refractivity contribution >= 4 is 23.7 Å². The Balaban J connectivity index is 2.90. The Hall–Kier alpha value is -2.24. The van der Waals surface area contributed by atoms with Gasteiger partial charge in [0.25, 0.3) is 0 Å². The van der Waals surface area contributed by atoms with Gasteiger partial charge in [-0.05, 0) is 58.0 Å². The molecular formula is C21H39N5O6. The van der Waals surface area contributed by atoms with E-state index in [9.17, 15) is 29.4 Å². The molecule has 0 aliphatic carbocycles. The van der Waals surface area contributed by atoms with Crippen LogP contribution in [0.3, 0.4) is 0 Å². The first kappa shape index (κ1) is 27.8. The number of carbonyl (C=O) groups is 4. The molecule has 11 nitrogen and oxygen atoms in total. The van der Waals surface area contributed by atoms with Crippen LogP contribution in [-0.4, -0.2) is 77.3 Å². The number of hydrogen-bond acceptors (Lipinski definition) is 7. The van der Waals surface area contributed by atoms with Crippen LogP contribution in [0.2, 0.25) is 0 Å². The van der Waals surface area contributed by atoms with Gasteiger partial charge in [-0.1, -0.05) is 20.3 Å². The maximum Gasteiger partial charge on any atom is 0.326 e. The maximum absolute atomic E-state index is 12.9. The highest BCUT2D eigenvalue weighted by Crippen LogP contribution is 2.10. The van der Waals surface area contributed by atoms with Crippen molar-refractivity contribution < 1.29 is 29.4 Å². The second kappa shape index (κ2) is 14.0. The van der Waals surface area contributed by atoms with Crippen molar-refractivity contribution in [2.45, 2.75) is 89.6 Å². The molecule has 1 saturated heterocycles. The van der Waals surface area contributed by atoms with E-state index in [-0.39, 0.29) is 12.3 Å². The van der Waals surface area contributed by atoms with Crippen LogP contribution in [0, 0.1) is 5.92 Å². The zero-order valence-corrected chi connectivity index (χ0v) is 19.2. The lowest BCUT2D eigenvalue weighted by atomic mass is 9.98. The first-order chi connectivity index (χ1) is 15.1. The molecule has 0 spiro atoms. The second-order valence-corrected chi connectivity index (χ2v) is 8.43. The number of aliphatic carboxylic acids is 1. The quantitative estimate of drug-likeness (QED) is 0.159. The molecular weight excluding hydrogens is 418 g/mol. The Labute approximate surface area is 189 Å². The fourth-order valence-corrected chi connectivity index (χ4v) is 3.53. The van der Waals surface area contributed by atoms with Gasteiger partial charge in [0.15, 0.2) is 0 Å². The summed E-state index contributed by atoms with van der Waals surface area (Å²) in [7, 11) is 0. The van der Waals surface area contributed by atoms with E-state index < -0.39 is 54.0 Å². The van der Waals surface area contributed by atoms with Crippen LogP contribution >= 0.6 is 0 Å². The third-order valence-electron chi connectivity index (χ3n) is 5.80. The number of carboxylic acid groups (broad SMARTS) is 1. The fourth-order valence-electron chi connectivity index (χ4n) is 3.53. The summed E-state index contributed by atoms with van der Waals surface area (Å²) in [5.74, 6) is -3.19. The molecule has 1 fully saturated rings. The fraction of sp³-hybridized carbons (Fsp3) is 0.810. The van der Waals surface area contributed by atoms with E-state index in [4.69, 9.17) is 5.73 Å². The van der Waals surface area contributed by atoms with Crippen LogP contribution in [-0.2, 0) is 19.2 Å². The minimum atomic E-state index is -1.25. The number of aliphatic hydroxyl groups excluding tert-OH is 1. The Morgan fingerprint density at radius 3 is 2.25 bits per heavy atom. The normalized spacial score (nSPS) is 20.5. The van der Waals surface area contributed by atoms with Gasteiger partial charge in [-0.15, -0.1) is 0 Å². The van der Waals surface area contributed by atoms with Gasteiger partial charge in [0, 0.05) is 0 Å². The van der Waals surface area contributed by atoms with Gasteiger partial charge in [0.1, 0.15) is 18.1 Å². The van der Waals surface area contributed by atoms with Crippen LogP contribution in [0.1, 0.15) is 59.3 Å². The first-order valence-electron chi connectivity index (χ1n) is 11.4. The van der Waals surface area contributed by atoms with E-state index in [1.807, 2.05) is 6.92 Å². The lowest BCUT2D eigenvalue weighted by Crippen LogP contribution is -2.60. The number of nitrogens with one attached hydrogen (secondary N) is 4. The molecule has 1 heterocycles. The van der Waals surface area contributed by atoms with Crippen molar-refractivity contribution in [1.29, 1.82) is 0 Å². The van der Waals surface area contributed by atoms with Crippen LogP contribution in [0.15, 0.2) is 0 Å². The van der Waals surface area contributed by atoms with Crippen LogP contribution in [0.25, 0.3) is 0 Å². The van der Waals surface area contributed by atoms with Crippen molar-refractivity contribution in [3.8, 4) is 0 Å². The summed E-state index contributed by atoms with van der Waals surface area (Å²) in [5, 5.41) is 30.2. The number of aliphatic hydroxyl groups is 1. The smallest absolute Gasteiger partial charge is 0.326 e. The molecule has 0 radical (unpaired) electrons. The van der Waals surface area contributed by atoms with E-state index in [0.29, 0.717) is 38.8 Å². The lowest BCUT2D eigenvalue weighted by Gasteiger charge is -2.27. The minimum absolute atomic E-state index is 0.242. The number of rotatable bonds is 14. The maximum atomic E-state index is 12.9.